The number of rotatable bonds is 2. The van der Waals surface area contributed by atoms with Crippen LogP contribution in [-0.2, 0) is 0 Å². The van der Waals surface area contributed by atoms with Gasteiger partial charge in [0.1, 0.15) is 5.69 Å². The van der Waals surface area contributed by atoms with Crippen molar-refractivity contribution in [3.05, 3.63) is 39.3 Å². The highest BCUT2D eigenvalue weighted by Gasteiger charge is 2.11. The molecule has 2 aromatic heterocycles. The minimum Gasteiger partial charge on any atom is -0.255 e. The summed E-state index contributed by atoms with van der Waals surface area (Å²) < 4.78 is 25.8. The Balaban J connectivity index is 2.46. The van der Waals surface area contributed by atoms with E-state index in [2.05, 4.69) is 20.9 Å². The van der Waals surface area contributed by atoms with Crippen LogP contribution in [0.4, 0.5) is 8.78 Å². The van der Waals surface area contributed by atoms with Crippen molar-refractivity contribution >= 4 is 27.3 Å². The molecule has 0 saturated carbocycles. The van der Waals surface area contributed by atoms with E-state index in [1.54, 1.807) is 6.07 Å². The van der Waals surface area contributed by atoms with Crippen LogP contribution in [0.5, 0.6) is 0 Å². The Bertz CT molecular complexity index is 470. The number of nitrogens with zero attached hydrogens (tertiary/aromatic N) is 1. The van der Waals surface area contributed by atoms with Gasteiger partial charge in [0.05, 0.1) is 0 Å². The third-order valence-electron chi connectivity index (χ3n) is 1.93. The first-order valence-corrected chi connectivity index (χ1v) is 5.88. The fourth-order valence-corrected chi connectivity index (χ4v) is 2.75. The van der Waals surface area contributed by atoms with Gasteiger partial charge >= 0.3 is 0 Å². The van der Waals surface area contributed by atoms with E-state index >= 15 is 0 Å². The zero-order chi connectivity index (χ0) is 10.8. The third-order valence-corrected chi connectivity index (χ3v) is 3.63. The van der Waals surface area contributed by atoms with Crippen molar-refractivity contribution in [3.8, 4) is 11.1 Å². The molecule has 1 nitrogen and oxygen atoms in total. The lowest BCUT2D eigenvalue weighted by Crippen LogP contribution is -1.89. The third kappa shape index (κ3) is 2.23. The molecule has 0 atom stereocenters. The number of halogens is 3. The van der Waals surface area contributed by atoms with Gasteiger partial charge in [0.25, 0.3) is 6.43 Å². The molecule has 0 amide bonds. The zero-order valence-electron chi connectivity index (χ0n) is 7.45. The molecule has 0 aliphatic heterocycles. The molecule has 0 aliphatic carbocycles. The fourth-order valence-electron chi connectivity index (χ4n) is 1.22. The van der Waals surface area contributed by atoms with E-state index < -0.39 is 6.43 Å². The number of pyridine rings is 1. The Kier molecular flexibility index (Phi) is 3.11. The molecule has 0 aromatic carbocycles. The lowest BCUT2D eigenvalue weighted by atomic mass is 10.1. The first-order valence-electron chi connectivity index (χ1n) is 4.14. The van der Waals surface area contributed by atoms with Crippen LogP contribution < -0.4 is 0 Å². The van der Waals surface area contributed by atoms with Crippen LogP contribution in [0.2, 0.25) is 0 Å². The van der Waals surface area contributed by atoms with E-state index in [0.717, 1.165) is 15.6 Å². The first kappa shape index (κ1) is 10.7. The van der Waals surface area contributed by atoms with Gasteiger partial charge < -0.3 is 0 Å². The summed E-state index contributed by atoms with van der Waals surface area (Å²) in [4.78, 5) is 3.62. The van der Waals surface area contributed by atoms with Gasteiger partial charge in [-0.1, -0.05) is 0 Å². The Hall–Kier alpha value is -0.810. The molecule has 0 bridgehead atoms. The predicted molar refractivity (Wildman–Crippen MR) is 60.2 cm³/mol. The molecule has 0 radical (unpaired) electrons. The highest BCUT2D eigenvalue weighted by atomic mass is 79.9. The maximum atomic E-state index is 12.4. The van der Waals surface area contributed by atoms with Crippen LogP contribution in [0, 0.1) is 0 Å². The standard InChI is InChI=1S/C10H6BrF2NS/c11-8-5-15-4-7(8)6-1-2-14-9(3-6)10(12)13/h1-5,10H. The van der Waals surface area contributed by atoms with E-state index in [4.69, 9.17) is 0 Å². The van der Waals surface area contributed by atoms with Crippen LogP contribution in [0.15, 0.2) is 33.6 Å². The summed E-state index contributed by atoms with van der Waals surface area (Å²) in [5, 5.41) is 3.83. The van der Waals surface area contributed by atoms with E-state index in [-0.39, 0.29) is 5.69 Å². The van der Waals surface area contributed by atoms with Crippen LogP contribution in [-0.4, -0.2) is 4.98 Å². The molecule has 15 heavy (non-hydrogen) atoms. The molecule has 0 aliphatic rings. The van der Waals surface area contributed by atoms with Crippen LogP contribution >= 0.6 is 27.3 Å². The van der Waals surface area contributed by atoms with Gasteiger partial charge in [-0.25, -0.2) is 8.78 Å². The monoisotopic (exact) mass is 289 g/mol. The summed E-state index contributed by atoms with van der Waals surface area (Å²) in [6.07, 6.45) is -1.12. The SMILES string of the molecule is FC(F)c1cc(-c2cscc2Br)ccn1. The molecule has 0 saturated heterocycles. The second-order valence-electron chi connectivity index (χ2n) is 2.90. The molecule has 0 unspecified atom stereocenters. The van der Waals surface area contributed by atoms with Crippen LogP contribution in [0.25, 0.3) is 11.1 Å². The van der Waals surface area contributed by atoms with Crippen LogP contribution in [0.1, 0.15) is 12.1 Å². The summed E-state index contributed by atoms with van der Waals surface area (Å²) in [7, 11) is 0. The van der Waals surface area contributed by atoms with Crippen molar-refractivity contribution in [1.82, 2.24) is 4.98 Å². The maximum absolute atomic E-state index is 12.4. The minimum atomic E-state index is -2.53. The topological polar surface area (TPSA) is 12.9 Å². The normalized spacial score (nSPS) is 10.9. The molecule has 0 spiro atoms. The Labute approximate surface area is 97.9 Å². The molecule has 2 aromatic rings. The number of alkyl halides is 2. The van der Waals surface area contributed by atoms with Crippen molar-refractivity contribution < 1.29 is 8.78 Å². The Morgan fingerprint density at radius 1 is 1.33 bits per heavy atom. The van der Waals surface area contributed by atoms with Crippen molar-refractivity contribution in [3.63, 3.8) is 0 Å². The van der Waals surface area contributed by atoms with Gasteiger partial charge in [0.2, 0.25) is 0 Å². The number of hydrogen-bond acceptors (Lipinski definition) is 2. The quantitative estimate of drug-likeness (QED) is 0.793. The van der Waals surface area contributed by atoms with Gasteiger partial charge in [-0.2, -0.15) is 11.3 Å². The Morgan fingerprint density at radius 3 is 2.73 bits per heavy atom. The van der Waals surface area contributed by atoms with Crippen molar-refractivity contribution in [2.45, 2.75) is 6.43 Å². The van der Waals surface area contributed by atoms with E-state index in [0.29, 0.717) is 0 Å². The lowest BCUT2D eigenvalue weighted by Gasteiger charge is -2.02. The molecule has 2 heterocycles. The van der Waals surface area contributed by atoms with Crippen molar-refractivity contribution in [2.24, 2.45) is 0 Å². The summed E-state index contributed by atoms with van der Waals surface area (Å²) in [5.41, 5.74) is 1.49. The van der Waals surface area contributed by atoms with Crippen molar-refractivity contribution in [2.75, 3.05) is 0 Å². The second-order valence-corrected chi connectivity index (χ2v) is 4.50. The molecular formula is C10H6BrF2NS. The highest BCUT2D eigenvalue weighted by molar-refractivity contribution is 9.10. The van der Waals surface area contributed by atoms with E-state index in [1.165, 1.54) is 23.6 Å². The van der Waals surface area contributed by atoms with Gasteiger partial charge in [0.15, 0.2) is 0 Å². The molecule has 0 fully saturated rings. The van der Waals surface area contributed by atoms with Crippen molar-refractivity contribution in [1.29, 1.82) is 0 Å². The summed E-state index contributed by atoms with van der Waals surface area (Å²) in [6.45, 7) is 0. The zero-order valence-corrected chi connectivity index (χ0v) is 9.86. The van der Waals surface area contributed by atoms with Gasteiger partial charge in [-0.3, -0.25) is 4.98 Å². The highest BCUT2D eigenvalue weighted by Crippen LogP contribution is 2.32. The molecule has 2 rings (SSSR count). The molecule has 78 valence electrons. The first-order chi connectivity index (χ1) is 7.18. The summed E-state index contributed by atoms with van der Waals surface area (Å²) >= 11 is 4.89. The smallest absolute Gasteiger partial charge is 0.255 e. The number of aromatic nitrogens is 1. The summed E-state index contributed by atoms with van der Waals surface area (Å²) in [5.74, 6) is 0. The largest absolute Gasteiger partial charge is 0.280 e. The average molecular weight is 290 g/mol. The number of thiophene rings is 1. The summed E-state index contributed by atoms with van der Waals surface area (Å²) in [6, 6.07) is 3.14. The predicted octanol–water partition coefficient (Wildman–Crippen LogP) is 4.51. The van der Waals surface area contributed by atoms with Gasteiger partial charge in [0, 0.05) is 21.6 Å². The van der Waals surface area contributed by atoms with E-state index in [1.807, 2.05) is 10.8 Å². The lowest BCUT2D eigenvalue weighted by molar-refractivity contribution is 0.146. The molecule has 5 heteroatoms. The van der Waals surface area contributed by atoms with E-state index in [9.17, 15) is 8.78 Å². The maximum Gasteiger partial charge on any atom is 0.280 e. The minimum absolute atomic E-state index is 0.189. The number of hydrogen-bond donors (Lipinski definition) is 0. The Morgan fingerprint density at radius 2 is 2.13 bits per heavy atom. The average Bonchev–Trinajstić information content (AvgIpc) is 2.64. The fraction of sp³-hybridized carbons (Fsp3) is 0.100. The van der Waals surface area contributed by atoms with Crippen LogP contribution in [0.3, 0.4) is 0 Å². The molecular weight excluding hydrogens is 284 g/mol. The second kappa shape index (κ2) is 4.37. The molecule has 0 N–H and O–H groups in total. The van der Waals surface area contributed by atoms with Gasteiger partial charge in [-0.15, -0.1) is 0 Å². The van der Waals surface area contributed by atoms with Gasteiger partial charge in [-0.05, 0) is 39.0 Å².